The molecular formula is C14H28N2. The summed E-state index contributed by atoms with van der Waals surface area (Å²) in [6, 6.07) is 0.913. The van der Waals surface area contributed by atoms with E-state index in [1.165, 1.54) is 64.5 Å². The molecule has 16 heavy (non-hydrogen) atoms. The van der Waals surface area contributed by atoms with Crippen molar-refractivity contribution in [1.82, 2.24) is 4.90 Å². The van der Waals surface area contributed by atoms with Crippen LogP contribution in [0.1, 0.15) is 58.3 Å². The summed E-state index contributed by atoms with van der Waals surface area (Å²) in [6.45, 7) is 5.79. The van der Waals surface area contributed by atoms with Crippen molar-refractivity contribution < 1.29 is 0 Å². The first kappa shape index (κ1) is 12.4. The highest BCUT2D eigenvalue weighted by Crippen LogP contribution is 2.40. The average Bonchev–Trinajstić information content (AvgIpc) is 3.05. The highest BCUT2D eigenvalue weighted by Gasteiger charge is 2.38. The summed E-state index contributed by atoms with van der Waals surface area (Å²) in [5.41, 5.74) is 6.52. The van der Waals surface area contributed by atoms with Gasteiger partial charge in [-0.25, -0.2) is 0 Å². The van der Waals surface area contributed by atoms with Gasteiger partial charge in [0.2, 0.25) is 0 Å². The van der Waals surface area contributed by atoms with Gasteiger partial charge in [0.15, 0.2) is 0 Å². The quantitative estimate of drug-likeness (QED) is 0.720. The van der Waals surface area contributed by atoms with Crippen LogP contribution in [0.15, 0.2) is 0 Å². The maximum Gasteiger partial charge on any atom is 0.00966 e. The van der Waals surface area contributed by atoms with Crippen molar-refractivity contribution >= 4 is 0 Å². The second-order valence-electron chi connectivity index (χ2n) is 5.97. The number of unbranched alkanes of at least 4 members (excludes halogenated alkanes) is 1. The van der Waals surface area contributed by atoms with Crippen LogP contribution in [0, 0.1) is 5.41 Å². The Balaban J connectivity index is 1.87. The zero-order valence-electron chi connectivity index (χ0n) is 10.9. The van der Waals surface area contributed by atoms with E-state index in [1.807, 2.05) is 0 Å². The minimum atomic E-state index is 0.482. The number of rotatable bonds is 7. The van der Waals surface area contributed by atoms with Crippen LogP contribution >= 0.6 is 0 Å². The van der Waals surface area contributed by atoms with Crippen LogP contribution in [0.2, 0.25) is 0 Å². The van der Waals surface area contributed by atoms with Crippen LogP contribution in [0.5, 0.6) is 0 Å². The maximum atomic E-state index is 6.04. The van der Waals surface area contributed by atoms with Gasteiger partial charge in [-0.1, -0.05) is 26.2 Å². The van der Waals surface area contributed by atoms with Gasteiger partial charge in [-0.2, -0.15) is 0 Å². The molecule has 2 heteroatoms. The predicted octanol–water partition coefficient (Wildman–Crippen LogP) is 2.77. The Bertz CT molecular complexity index is 205. The van der Waals surface area contributed by atoms with Crippen LogP contribution in [0.4, 0.5) is 0 Å². The molecule has 2 nitrogen and oxygen atoms in total. The van der Waals surface area contributed by atoms with E-state index in [9.17, 15) is 0 Å². The molecule has 0 spiro atoms. The fourth-order valence-corrected chi connectivity index (χ4v) is 3.17. The van der Waals surface area contributed by atoms with Crippen molar-refractivity contribution in [1.29, 1.82) is 0 Å². The lowest BCUT2D eigenvalue weighted by Crippen LogP contribution is -2.42. The van der Waals surface area contributed by atoms with Crippen LogP contribution in [-0.2, 0) is 0 Å². The second-order valence-corrected chi connectivity index (χ2v) is 5.97. The van der Waals surface area contributed by atoms with E-state index in [0.717, 1.165) is 12.6 Å². The Morgan fingerprint density at radius 1 is 1.25 bits per heavy atom. The maximum absolute atomic E-state index is 6.04. The SMILES string of the molecule is CCCCN(CC1(CN)CCCC1)C1CC1. The Morgan fingerprint density at radius 2 is 1.94 bits per heavy atom. The van der Waals surface area contributed by atoms with Crippen molar-refractivity contribution in [3.63, 3.8) is 0 Å². The van der Waals surface area contributed by atoms with Gasteiger partial charge in [-0.3, -0.25) is 4.90 Å². The molecule has 0 amide bonds. The van der Waals surface area contributed by atoms with Gasteiger partial charge in [0.1, 0.15) is 0 Å². The minimum absolute atomic E-state index is 0.482. The average molecular weight is 224 g/mol. The molecule has 0 aliphatic heterocycles. The summed E-state index contributed by atoms with van der Waals surface area (Å²) in [7, 11) is 0. The summed E-state index contributed by atoms with van der Waals surface area (Å²) >= 11 is 0. The van der Waals surface area contributed by atoms with E-state index in [1.54, 1.807) is 0 Å². The molecule has 0 aromatic heterocycles. The third-order valence-corrected chi connectivity index (χ3v) is 4.50. The summed E-state index contributed by atoms with van der Waals surface area (Å²) < 4.78 is 0. The lowest BCUT2D eigenvalue weighted by molar-refractivity contribution is 0.149. The Hall–Kier alpha value is -0.0800. The van der Waals surface area contributed by atoms with Gasteiger partial charge in [-0.05, 0) is 50.6 Å². The number of hydrogen-bond donors (Lipinski definition) is 1. The standard InChI is InChI=1S/C14H28N2/c1-2-3-10-16(13-6-7-13)12-14(11-15)8-4-5-9-14/h13H,2-12,15H2,1H3. The lowest BCUT2D eigenvalue weighted by atomic mass is 9.85. The molecule has 94 valence electrons. The summed E-state index contributed by atoms with van der Waals surface area (Å²) in [6.07, 6.45) is 11.1. The van der Waals surface area contributed by atoms with Gasteiger partial charge >= 0.3 is 0 Å². The Kier molecular flexibility index (Phi) is 4.26. The van der Waals surface area contributed by atoms with Gasteiger partial charge < -0.3 is 5.73 Å². The van der Waals surface area contributed by atoms with Crippen LogP contribution in [-0.4, -0.2) is 30.6 Å². The molecule has 2 rings (SSSR count). The topological polar surface area (TPSA) is 29.3 Å². The Morgan fingerprint density at radius 3 is 2.44 bits per heavy atom. The van der Waals surface area contributed by atoms with Crippen molar-refractivity contribution in [2.75, 3.05) is 19.6 Å². The predicted molar refractivity (Wildman–Crippen MR) is 69.5 cm³/mol. The van der Waals surface area contributed by atoms with Crippen LogP contribution in [0.25, 0.3) is 0 Å². The van der Waals surface area contributed by atoms with E-state index in [2.05, 4.69) is 11.8 Å². The molecule has 0 aromatic carbocycles. The monoisotopic (exact) mass is 224 g/mol. The minimum Gasteiger partial charge on any atom is -0.330 e. The van der Waals surface area contributed by atoms with E-state index in [4.69, 9.17) is 5.73 Å². The highest BCUT2D eigenvalue weighted by atomic mass is 15.2. The lowest BCUT2D eigenvalue weighted by Gasteiger charge is -2.34. The third kappa shape index (κ3) is 2.98. The normalized spacial score (nSPS) is 24.2. The second kappa shape index (κ2) is 5.50. The Labute approximate surface area is 101 Å². The van der Waals surface area contributed by atoms with Gasteiger partial charge in [-0.15, -0.1) is 0 Å². The molecule has 0 aromatic rings. The van der Waals surface area contributed by atoms with Crippen molar-refractivity contribution in [2.24, 2.45) is 11.1 Å². The zero-order valence-corrected chi connectivity index (χ0v) is 10.9. The first-order chi connectivity index (χ1) is 7.79. The highest BCUT2D eigenvalue weighted by molar-refractivity contribution is 4.93. The molecule has 2 aliphatic rings. The number of nitrogens with zero attached hydrogens (tertiary/aromatic N) is 1. The molecular weight excluding hydrogens is 196 g/mol. The van der Waals surface area contributed by atoms with Crippen LogP contribution < -0.4 is 5.73 Å². The first-order valence-corrected chi connectivity index (χ1v) is 7.24. The zero-order chi connectivity index (χ0) is 11.4. The largest absolute Gasteiger partial charge is 0.330 e. The molecule has 0 atom stereocenters. The number of nitrogens with two attached hydrogens (primary N) is 1. The number of hydrogen-bond acceptors (Lipinski definition) is 2. The molecule has 0 heterocycles. The summed E-state index contributed by atoms with van der Waals surface area (Å²) in [4.78, 5) is 2.75. The van der Waals surface area contributed by atoms with Gasteiger partial charge in [0.05, 0.1) is 0 Å². The third-order valence-electron chi connectivity index (χ3n) is 4.50. The smallest absolute Gasteiger partial charge is 0.00966 e. The summed E-state index contributed by atoms with van der Waals surface area (Å²) in [5.74, 6) is 0. The molecule has 2 aliphatic carbocycles. The van der Waals surface area contributed by atoms with Gasteiger partial charge in [0, 0.05) is 12.6 Å². The molecule has 0 saturated heterocycles. The molecule has 2 saturated carbocycles. The molecule has 2 fully saturated rings. The first-order valence-electron chi connectivity index (χ1n) is 7.24. The van der Waals surface area contributed by atoms with Crippen LogP contribution in [0.3, 0.4) is 0 Å². The van der Waals surface area contributed by atoms with E-state index in [0.29, 0.717) is 5.41 Å². The van der Waals surface area contributed by atoms with Gasteiger partial charge in [0.25, 0.3) is 0 Å². The van der Waals surface area contributed by atoms with E-state index in [-0.39, 0.29) is 0 Å². The summed E-state index contributed by atoms with van der Waals surface area (Å²) in [5, 5.41) is 0. The van der Waals surface area contributed by atoms with E-state index < -0.39 is 0 Å². The van der Waals surface area contributed by atoms with Crippen molar-refractivity contribution in [3.05, 3.63) is 0 Å². The van der Waals surface area contributed by atoms with Crippen molar-refractivity contribution in [3.8, 4) is 0 Å². The van der Waals surface area contributed by atoms with E-state index >= 15 is 0 Å². The van der Waals surface area contributed by atoms with Crippen molar-refractivity contribution in [2.45, 2.75) is 64.3 Å². The molecule has 0 radical (unpaired) electrons. The molecule has 2 N–H and O–H groups in total. The molecule has 0 bridgehead atoms. The fraction of sp³-hybridized carbons (Fsp3) is 1.00. The fourth-order valence-electron chi connectivity index (χ4n) is 3.17. The molecule has 0 unspecified atom stereocenters.